The maximum absolute atomic E-state index is 10.2. The topological polar surface area (TPSA) is 72.4 Å². The first-order valence-corrected chi connectivity index (χ1v) is 14.9. The zero-order valence-corrected chi connectivity index (χ0v) is 24.4. The van der Waals surface area contributed by atoms with E-state index in [1.54, 1.807) is 7.11 Å². The molecule has 0 amide bonds. The number of β-amino-alcohol motifs (C(OH)–C–C–N with tert-alkyl or cyclic N) is 1. The summed E-state index contributed by atoms with van der Waals surface area (Å²) in [5, 5.41) is 13.7. The molecule has 0 aliphatic carbocycles. The molecule has 0 aromatic heterocycles. The van der Waals surface area contributed by atoms with Gasteiger partial charge in [0.25, 0.3) is 0 Å². The number of piperidine rings is 1. The van der Waals surface area contributed by atoms with Crippen LogP contribution in [0.2, 0.25) is 0 Å². The summed E-state index contributed by atoms with van der Waals surface area (Å²) in [5.74, 6) is 2.08. The van der Waals surface area contributed by atoms with Gasteiger partial charge < -0.3 is 34.3 Å². The van der Waals surface area contributed by atoms with Crippen molar-refractivity contribution >= 4 is 5.69 Å². The van der Waals surface area contributed by atoms with Crippen LogP contribution in [-0.4, -0.2) is 63.8 Å². The second-order valence-corrected chi connectivity index (χ2v) is 10.9. The van der Waals surface area contributed by atoms with Gasteiger partial charge in [0.05, 0.1) is 45.7 Å². The van der Waals surface area contributed by atoms with Crippen LogP contribution in [0.25, 0.3) is 0 Å². The second-order valence-electron chi connectivity index (χ2n) is 10.9. The fourth-order valence-corrected chi connectivity index (χ4v) is 5.89. The third-order valence-corrected chi connectivity index (χ3v) is 8.11. The molecule has 0 spiro atoms. The summed E-state index contributed by atoms with van der Waals surface area (Å²) in [7, 11) is 1.68. The normalized spacial score (nSPS) is 20.5. The Morgan fingerprint density at radius 3 is 2.68 bits per heavy atom. The molecule has 1 unspecified atom stereocenters. The smallest absolute Gasteiger partial charge is 0.124 e. The minimum absolute atomic E-state index is 0.107. The van der Waals surface area contributed by atoms with Crippen molar-refractivity contribution < 1.29 is 24.1 Å². The molecule has 2 N–H and O–H groups in total. The number of aliphatic hydroxyl groups is 1. The molecule has 7 nitrogen and oxygen atoms in total. The van der Waals surface area contributed by atoms with Gasteiger partial charge in [-0.3, -0.25) is 0 Å². The van der Waals surface area contributed by atoms with Gasteiger partial charge in [0.1, 0.15) is 11.5 Å². The van der Waals surface area contributed by atoms with Gasteiger partial charge in [-0.15, -0.1) is 0 Å². The lowest BCUT2D eigenvalue weighted by Crippen LogP contribution is -2.41. The predicted molar refractivity (Wildman–Crippen MR) is 162 cm³/mol. The number of anilines is 1. The molecule has 1 saturated heterocycles. The summed E-state index contributed by atoms with van der Waals surface area (Å²) in [4.78, 5) is 2.26. The van der Waals surface area contributed by atoms with E-state index in [1.165, 1.54) is 22.4 Å². The Balaban J connectivity index is 1.09. The van der Waals surface area contributed by atoms with E-state index in [2.05, 4.69) is 59.6 Å². The number of ether oxygens (including phenoxy) is 4. The fraction of sp³-hybridized carbons (Fsp3) is 0.471. The fourth-order valence-electron chi connectivity index (χ4n) is 5.89. The largest absolute Gasteiger partial charge is 0.496 e. The van der Waals surface area contributed by atoms with E-state index < -0.39 is 0 Å². The molecule has 1 fully saturated rings. The molecule has 2 aliphatic rings. The molecular weight excluding hydrogens is 516 g/mol. The Kier molecular flexibility index (Phi) is 10.5. The minimum Gasteiger partial charge on any atom is -0.496 e. The van der Waals surface area contributed by atoms with Crippen molar-refractivity contribution in [1.82, 2.24) is 5.32 Å². The first-order chi connectivity index (χ1) is 20.1. The molecule has 0 bridgehead atoms. The number of rotatable bonds is 13. The number of aliphatic hydroxyl groups excluding tert-OH is 1. The minimum atomic E-state index is -0.292. The van der Waals surface area contributed by atoms with Crippen molar-refractivity contribution in [3.8, 4) is 11.5 Å². The molecule has 0 radical (unpaired) electrons. The van der Waals surface area contributed by atoms with E-state index in [-0.39, 0.29) is 12.2 Å². The lowest BCUT2D eigenvalue weighted by atomic mass is 9.87. The maximum Gasteiger partial charge on any atom is 0.124 e. The van der Waals surface area contributed by atoms with Gasteiger partial charge in [-0.2, -0.15) is 0 Å². The SMILES string of the molecule is CCN1C[C@H](O)Cc2ccc(COC3CNCC[C@@H]3c3ccc(OCCCOCc4ccccc4OC)cc3)cc21. The molecule has 41 heavy (non-hydrogen) atoms. The van der Waals surface area contributed by atoms with Gasteiger partial charge >= 0.3 is 0 Å². The number of hydrogen-bond donors (Lipinski definition) is 2. The summed E-state index contributed by atoms with van der Waals surface area (Å²) in [6.07, 6.45) is 2.40. The molecule has 3 aromatic rings. The van der Waals surface area contributed by atoms with Gasteiger partial charge in [0, 0.05) is 49.6 Å². The molecule has 3 atom stereocenters. The van der Waals surface area contributed by atoms with Crippen molar-refractivity contribution in [3.05, 3.63) is 89.0 Å². The molecule has 2 aliphatic heterocycles. The lowest BCUT2D eigenvalue weighted by Gasteiger charge is -2.34. The van der Waals surface area contributed by atoms with Gasteiger partial charge in [0.2, 0.25) is 0 Å². The average molecular weight is 561 g/mol. The molecule has 2 heterocycles. The van der Waals surface area contributed by atoms with Crippen LogP contribution in [-0.2, 0) is 29.1 Å². The van der Waals surface area contributed by atoms with Crippen molar-refractivity contribution in [2.24, 2.45) is 0 Å². The number of fused-ring (bicyclic) bond motifs is 1. The van der Waals surface area contributed by atoms with Gasteiger partial charge in [-0.1, -0.05) is 42.5 Å². The monoisotopic (exact) mass is 560 g/mol. The second kappa shape index (κ2) is 14.7. The van der Waals surface area contributed by atoms with Gasteiger partial charge in [-0.05, 0) is 60.8 Å². The van der Waals surface area contributed by atoms with E-state index in [9.17, 15) is 5.11 Å². The van der Waals surface area contributed by atoms with E-state index in [4.69, 9.17) is 18.9 Å². The number of benzene rings is 3. The zero-order chi connectivity index (χ0) is 28.4. The standard InChI is InChI=1S/C34H44N2O5/c1-3-36-22-29(37)20-27-10-9-25(19-32(27)36)23-41-34-21-35-16-15-31(34)26-11-13-30(14-12-26)40-18-6-17-39-24-28-7-4-5-8-33(28)38-2/h4-5,7-14,19,29,31,34-35,37H,3,6,15-18,20-24H2,1-2H3/t29-,31-,34?/m1/s1. The van der Waals surface area contributed by atoms with Crippen molar-refractivity contribution in [1.29, 1.82) is 0 Å². The number of nitrogens with one attached hydrogen (secondary N) is 1. The van der Waals surface area contributed by atoms with Crippen LogP contribution in [0.4, 0.5) is 5.69 Å². The summed E-state index contributed by atoms with van der Waals surface area (Å²) >= 11 is 0. The summed E-state index contributed by atoms with van der Waals surface area (Å²) in [6.45, 7) is 7.91. The van der Waals surface area contributed by atoms with Crippen molar-refractivity contribution in [3.63, 3.8) is 0 Å². The van der Waals surface area contributed by atoms with Crippen molar-refractivity contribution in [2.45, 2.75) is 57.5 Å². The van der Waals surface area contributed by atoms with Crippen LogP contribution in [0.3, 0.4) is 0 Å². The molecule has 3 aromatic carbocycles. The lowest BCUT2D eigenvalue weighted by molar-refractivity contribution is 0.0106. The van der Waals surface area contributed by atoms with Crippen LogP contribution in [0.15, 0.2) is 66.7 Å². The number of nitrogens with zero attached hydrogens (tertiary/aromatic N) is 1. The highest BCUT2D eigenvalue weighted by Gasteiger charge is 2.28. The Morgan fingerprint density at radius 1 is 1.00 bits per heavy atom. The third kappa shape index (κ3) is 7.80. The van der Waals surface area contributed by atoms with Crippen LogP contribution in [0, 0.1) is 0 Å². The van der Waals surface area contributed by atoms with Gasteiger partial charge in [0.15, 0.2) is 0 Å². The van der Waals surface area contributed by atoms with Crippen LogP contribution in [0.1, 0.15) is 47.9 Å². The first kappa shape index (κ1) is 29.4. The maximum atomic E-state index is 10.2. The molecule has 0 saturated carbocycles. The predicted octanol–water partition coefficient (Wildman–Crippen LogP) is 5.09. The number of hydrogen-bond acceptors (Lipinski definition) is 7. The highest BCUT2D eigenvalue weighted by Crippen LogP contribution is 2.32. The Hall–Kier alpha value is -3.10. The van der Waals surface area contributed by atoms with E-state index in [0.29, 0.717) is 38.9 Å². The number of para-hydroxylation sites is 1. The molecule has 7 heteroatoms. The Morgan fingerprint density at radius 2 is 1.85 bits per heavy atom. The Labute approximate surface area is 244 Å². The highest BCUT2D eigenvalue weighted by molar-refractivity contribution is 5.57. The third-order valence-electron chi connectivity index (χ3n) is 8.11. The van der Waals surface area contributed by atoms with E-state index >= 15 is 0 Å². The Bertz CT molecular complexity index is 1230. The van der Waals surface area contributed by atoms with E-state index in [1.807, 2.05) is 24.3 Å². The van der Waals surface area contributed by atoms with E-state index in [0.717, 1.165) is 56.0 Å². The molecule has 220 valence electrons. The van der Waals surface area contributed by atoms with Crippen LogP contribution >= 0.6 is 0 Å². The highest BCUT2D eigenvalue weighted by atomic mass is 16.5. The van der Waals surface area contributed by atoms with Crippen molar-refractivity contribution in [2.75, 3.05) is 51.4 Å². The number of likely N-dealkylation sites (N-methyl/N-ethyl adjacent to an activating group) is 1. The number of methoxy groups -OCH3 is 1. The first-order valence-electron chi connectivity index (χ1n) is 14.9. The van der Waals surface area contributed by atoms with Gasteiger partial charge in [-0.25, -0.2) is 0 Å². The summed E-state index contributed by atoms with van der Waals surface area (Å²) in [5.41, 5.74) is 5.97. The van der Waals surface area contributed by atoms with Crippen LogP contribution < -0.4 is 19.7 Å². The summed E-state index contributed by atoms with van der Waals surface area (Å²) < 4.78 is 23.7. The quantitative estimate of drug-likeness (QED) is 0.282. The molecule has 5 rings (SSSR count). The van der Waals surface area contributed by atoms with Crippen LogP contribution in [0.5, 0.6) is 11.5 Å². The zero-order valence-electron chi connectivity index (χ0n) is 24.4. The molecular formula is C34H44N2O5. The average Bonchev–Trinajstić information content (AvgIpc) is 3.02. The summed E-state index contributed by atoms with van der Waals surface area (Å²) in [6, 6.07) is 23.0.